The second-order valence-electron chi connectivity index (χ2n) is 6.60. The predicted molar refractivity (Wildman–Crippen MR) is 117 cm³/mol. The van der Waals surface area contributed by atoms with Gasteiger partial charge in [-0.15, -0.1) is 0 Å². The number of carbonyl (C=O) groups excluding carboxylic acids is 3. The molecule has 1 aliphatic rings. The molecule has 0 spiro atoms. The minimum absolute atomic E-state index is 0.208. The van der Waals surface area contributed by atoms with Crippen molar-refractivity contribution in [2.45, 2.75) is 6.92 Å². The molecule has 150 valence electrons. The highest BCUT2D eigenvalue weighted by Crippen LogP contribution is 2.29. The molecule has 1 aliphatic heterocycles. The molecular formula is C22H14BrClN2O4. The maximum Gasteiger partial charge on any atom is 0.335 e. The third-order valence-corrected chi connectivity index (χ3v) is 5.49. The van der Waals surface area contributed by atoms with E-state index in [1.54, 1.807) is 42.5 Å². The van der Waals surface area contributed by atoms with E-state index in [4.69, 9.17) is 16.0 Å². The first-order valence-corrected chi connectivity index (χ1v) is 10.0. The van der Waals surface area contributed by atoms with Crippen LogP contribution in [0.5, 0.6) is 0 Å². The summed E-state index contributed by atoms with van der Waals surface area (Å²) >= 11 is 9.48. The Balaban J connectivity index is 1.67. The molecule has 8 heteroatoms. The second kappa shape index (κ2) is 7.93. The number of aryl methyl sites for hydroxylation is 1. The summed E-state index contributed by atoms with van der Waals surface area (Å²) in [6.45, 7) is 1.90. The number of furan rings is 1. The van der Waals surface area contributed by atoms with Crippen LogP contribution in [-0.2, 0) is 9.59 Å². The fourth-order valence-electron chi connectivity index (χ4n) is 2.96. The molecular weight excluding hydrogens is 472 g/mol. The van der Waals surface area contributed by atoms with Gasteiger partial charge in [-0.3, -0.25) is 14.9 Å². The zero-order chi connectivity index (χ0) is 21.4. The number of carbonyl (C=O) groups is 3. The first-order valence-electron chi connectivity index (χ1n) is 8.87. The first kappa shape index (κ1) is 20.1. The summed E-state index contributed by atoms with van der Waals surface area (Å²) in [5.74, 6) is -0.685. The molecule has 1 fully saturated rings. The highest BCUT2D eigenvalue weighted by Gasteiger charge is 2.37. The van der Waals surface area contributed by atoms with Gasteiger partial charge in [0.2, 0.25) is 0 Å². The highest BCUT2D eigenvalue weighted by molar-refractivity contribution is 9.10. The van der Waals surface area contributed by atoms with Crippen molar-refractivity contribution < 1.29 is 18.8 Å². The number of rotatable bonds is 3. The Morgan fingerprint density at radius 1 is 1.03 bits per heavy atom. The van der Waals surface area contributed by atoms with Gasteiger partial charge >= 0.3 is 6.03 Å². The van der Waals surface area contributed by atoms with Crippen LogP contribution < -0.4 is 10.2 Å². The van der Waals surface area contributed by atoms with Gasteiger partial charge in [0.05, 0.1) is 5.69 Å². The van der Waals surface area contributed by atoms with Crippen molar-refractivity contribution in [2.24, 2.45) is 0 Å². The van der Waals surface area contributed by atoms with Crippen LogP contribution in [0.25, 0.3) is 17.4 Å². The Morgan fingerprint density at radius 3 is 2.47 bits per heavy atom. The van der Waals surface area contributed by atoms with Crippen molar-refractivity contribution in [3.05, 3.63) is 81.0 Å². The molecule has 0 aliphatic carbocycles. The van der Waals surface area contributed by atoms with Crippen LogP contribution in [0.3, 0.4) is 0 Å². The summed E-state index contributed by atoms with van der Waals surface area (Å²) in [6.07, 6.45) is 1.31. The van der Waals surface area contributed by atoms with Crippen LogP contribution in [0, 0.1) is 6.92 Å². The third-order valence-electron chi connectivity index (χ3n) is 4.56. The van der Waals surface area contributed by atoms with Gasteiger partial charge in [-0.1, -0.05) is 39.7 Å². The van der Waals surface area contributed by atoms with E-state index in [1.807, 2.05) is 19.1 Å². The molecule has 0 atom stereocenters. The Morgan fingerprint density at radius 2 is 1.77 bits per heavy atom. The van der Waals surface area contributed by atoms with E-state index < -0.39 is 17.8 Å². The Bertz CT molecular complexity index is 1210. The summed E-state index contributed by atoms with van der Waals surface area (Å²) < 4.78 is 6.56. The first-order chi connectivity index (χ1) is 14.3. The predicted octanol–water partition coefficient (Wildman–Crippen LogP) is 5.34. The smallest absolute Gasteiger partial charge is 0.335 e. The molecule has 30 heavy (non-hydrogen) atoms. The lowest BCUT2D eigenvalue weighted by molar-refractivity contribution is -0.122. The number of barbiturate groups is 1. The van der Waals surface area contributed by atoms with Crippen molar-refractivity contribution in [1.82, 2.24) is 5.32 Å². The number of benzene rings is 2. The molecule has 4 rings (SSSR count). The number of anilines is 1. The van der Waals surface area contributed by atoms with Crippen molar-refractivity contribution in [1.29, 1.82) is 0 Å². The average molecular weight is 486 g/mol. The summed E-state index contributed by atoms with van der Waals surface area (Å²) in [6, 6.07) is 14.7. The van der Waals surface area contributed by atoms with Crippen LogP contribution >= 0.6 is 27.5 Å². The minimum Gasteiger partial charge on any atom is -0.457 e. The van der Waals surface area contributed by atoms with Gasteiger partial charge in [-0.2, -0.15) is 0 Å². The number of imide groups is 2. The Hall–Kier alpha value is -3.16. The lowest BCUT2D eigenvalue weighted by Gasteiger charge is -2.26. The number of nitrogens with one attached hydrogen (secondary N) is 1. The van der Waals surface area contributed by atoms with E-state index in [-0.39, 0.29) is 5.57 Å². The number of hydrogen-bond acceptors (Lipinski definition) is 4. The maximum atomic E-state index is 12.9. The lowest BCUT2D eigenvalue weighted by Crippen LogP contribution is -2.54. The monoisotopic (exact) mass is 484 g/mol. The van der Waals surface area contributed by atoms with Crippen LogP contribution in [0.1, 0.15) is 11.3 Å². The van der Waals surface area contributed by atoms with Crippen molar-refractivity contribution in [2.75, 3.05) is 4.90 Å². The van der Waals surface area contributed by atoms with Gasteiger partial charge < -0.3 is 4.42 Å². The van der Waals surface area contributed by atoms with Gasteiger partial charge in [0.15, 0.2) is 0 Å². The molecule has 0 saturated carbocycles. The van der Waals surface area contributed by atoms with Gasteiger partial charge in [0, 0.05) is 15.1 Å². The topological polar surface area (TPSA) is 79.6 Å². The van der Waals surface area contributed by atoms with Crippen LogP contribution in [0.2, 0.25) is 5.02 Å². The molecule has 1 saturated heterocycles. The normalized spacial score (nSPS) is 15.6. The molecule has 3 aromatic rings. The molecule has 2 aromatic carbocycles. The Labute approximate surface area is 185 Å². The molecule has 4 amide bonds. The number of nitrogens with zero attached hydrogens (tertiary/aromatic N) is 1. The lowest BCUT2D eigenvalue weighted by atomic mass is 10.1. The third kappa shape index (κ3) is 3.81. The standard InChI is InChI=1S/C22H14BrClN2O4/c1-12-2-3-13(10-18(12)24)19-9-8-16(30-19)11-17-20(27)25-22(29)26(21(17)28)15-6-4-14(23)5-7-15/h2-11H,1H3,(H,25,27,29)/b17-11-. The van der Waals surface area contributed by atoms with Gasteiger partial charge in [0.1, 0.15) is 17.1 Å². The number of hydrogen-bond donors (Lipinski definition) is 1. The number of amides is 4. The summed E-state index contributed by atoms with van der Waals surface area (Å²) in [4.78, 5) is 38.3. The fraction of sp³-hybridized carbons (Fsp3) is 0.0455. The number of urea groups is 1. The van der Waals surface area contributed by atoms with E-state index in [0.717, 1.165) is 20.5 Å². The minimum atomic E-state index is -0.807. The van der Waals surface area contributed by atoms with Crippen molar-refractivity contribution in [3.63, 3.8) is 0 Å². The van der Waals surface area contributed by atoms with Gasteiger partial charge in [-0.05, 0) is 61.0 Å². The van der Waals surface area contributed by atoms with E-state index in [0.29, 0.717) is 22.2 Å². The zero-order valence-corrected chi connectivity index (χ0v) is 18.0. The number of halogens is 2. The fourth-order valence-corrected chi connectivity index (χ4v) is 3.40. The SMILES string of the molecule is Cc1ccc(-c2ccc(/C=C3/C(=O)NC(=O)N(c4ccc(Br)cc4)C3=O)o2)cc1Cl. The molecule has 2 heterocycles. The molecule has 0 bridgehead atoms. The van der Waals surface area contributed by atoms with Gasteiger partial charge in [0.25, 0.3) is 11.8 Å². The van der Waals surface area contributed by atoms with Crippen LogP contribution in [0.15, 0.2) is 69.1 Å². The van der Waals surface area contributed by atoms with E-state index in [9.17, 15) is 14.4 Å². The van der Waals surface area contributed by atoms with Crippen molar-refractivity contribution >= 4 is 57.1 Å². The van der Waals surface area contributed by atoms with Gasteiger partial charge in [-0.25, -0.2) is 9.69 Å². The van der Waals surface area contributed by atoms with Crippen LogP contribution in [-0.4, -0.2) is 17.8 Å². The summed E-state index contributed by atoms with van der Waals surface area (Å²) in [5.41, 5.74) is 1.84. The largest absolute Gasteiger partial charge is 0.457 e. The molecule has 6 nitrogen and oxygen atoms in total. The quantitative estimate of drug-likeness (QED) is 0.401. The molecule has 1 N–H and O–H groups in total. The molecule has 0 radical (unpaired) electrons. The van der Waals surface area contributed by atoms with Crippen LogP contribution in [0.4, 0.5) is 10.5 Å². The van der Waals surface area contributed by atoms with E-state index in [1.165, 1.54) is 6.08 Å². The average Bonchev–Trinajstić information content (AvgIpc) is 3.17. The van der Waals surface area contributed by atoms with Crippen molar-refractivity contribution in [3.8, 4) is 11.3 Å². The maximum absolute atomic E-state index is 12.9. The summed E-state index contributed by atoms with van der Waals surface area (Å²) in [7, 11) is 0. The highest BCUT2D eigenvalue weighted by atomic mass is 79.9. The van der Waals surface area contributed by atoms with E-state index in [2.05, 4.69) is 21.2 Å². The Kier molecular flexibility index (Phi) is 5.32. The molecule has 0 unspecified atom stereocenters. The zero-order valence-electron chi connectivity index (χ0n) is 15.6. The molecule has 1 aromatic heterocycles. The van der Waals surface area contributed by atoms with E-state index >= 15 is 0 Å². The second-order valence-corrected chi connectivity index (χ2v) is 7.92. The summed E-state index contributed by atoms with van der Waals surface area (Å²) in [5, 5.41) is 2.79.